The molecule has 14 heteroatoms. The van der Waals surface area contributed by atoms with Crippen molar-refractivity contribution in [3.8, 4) is 0 Å². The van der Waals surface area contributed by atoms with Crippen molar-refractivity contribution in [1.29, 1.82) is 0 Å². The van der Waals surface area contributed by atoms with E-state index in [1.165, 1.54) is 10.9 Å². The molecule has 198 valence electrons. The molecule has 0 saturated carbocycles. The molecule has 0 bridgehead atoms. The highest BCUT2D eigenvalue weighted by molar-refractivity contribution is 9.10. The molecule has 0 atom stereocenters. The van der Waals surface area contributed by atoms with Crippen LogP contribution >= 0.6 is 27.5 Å². The number of hydrogen-bond acceptors (Lipinski definition) is 5. The number of carbonyl (C=O) groups excluding carboxylic acids is 2. The minimum absolute atomic E-state index is 0.0935. The summed E-state index contributed by atoms with van der Waals surface area (Å²) in [6.45, 7) is 0.720. The first-order chi connectivity index (χ1) is 18.0. The van der Waals surface area contributed by atoms with Crippen LogP contribution in [0.5, 0.6) is 0 Å². The maximum atomic E-state index is 13.4. The molecule has 0 aromatic carbocycles. The van der Waals surface area contributed by atoms with E-state index in [0.29, 0.717) is 41.8 Å². The van der Waals surface area contributed by atoms with E-state index >= 15 is 0 Å². The monoisotopic (exact) mass is 609 g/mol. The van der Waals surface area contributed by atoms with Gasteiger partial charge in [-0.05, 0) is 34.1 Å². The minimum atomic E-state index is -4.54. The molecular weight excluding hydrogens is 591 g/mol. The molecule has 9 nitrogen and oxygen atoms in total. The van der Waals surface area contributed by atoms with Gasteiger partial charge in [-0.25, -0.2) is 4.98 Å². The third kappa shape index (κ3) is 4.99. The lowest BCUT2D eigenvalue weighted by Gasteiger charge is -2.26. The summed E-state index contributed by atoms with van der Waals surface area (Å²) in [4.78, 5) is 36.2. The Morgan fingerprint density at radius 2 is 2.00 bits per heavy atom. The van der Waals surface area contributed by atoms with Crippen LogP contribution in [0.3, 0.4) is 0 Å². The van der Waals surface area contributed by atoms with Crippen molar-refractivity contribution in [2.45, 2.75) is 25.6 Å². The molecule has 0 saturated heterocycles. The highest BCUT2D eigenvalue weighted by Crippen LogP contribution is 2.31. The van der Waals surface area contributed by atoms with Crippen molar-refractivity contribution in [2.75, 3.05) is 13.1 Å². The number of hydrogen-bond donors (Lipinski definition) is 1. The maximum Gasteiger partial charge on any atom is 0.417 e. The van der Waals surface area contributed by atoms with Gasteiger partial charge < -0.3 is 10.2 Å². The van der Waals surface area contributed by atoms with Crippen molar-refractivity contribution in [3.63, 3.8) is 0 Å². The SMILES string of the molecule is Cn1nc2c(c1C(=O)NCCc1ncc(C(F)(F)F)cc1Cl)CN(C(=O)c1cnc3ccc(Br)cn13)CC2. The van der Waals surface area contributed by atoms with Crippen LogP contribution < -0.4 is 5.32 Å². The predicted molar refractivity (Wildman–Crippen MR) is 135 cm³/mol. The summed E-state index contributed by atoms with van der Waals surface area (Å²) in [7, 11) is 1.65. The molecule has 5 heterocycles. The quantitative estimate of drug-likeness (QED) is 0.368. The van der Waals surface area contributed by atoms with Crippen LogP contribution in [0.2, 0.25) is 5.02 Å². The van der Waals surface area contributed by atoms with Crippen molar-refractivity contribution in [3.05, 3.63) is 80.2 Å². The fourth-order valence-electron chi connectivity index (χ4n) is 4.42. The van der Waals surface area contributed by atoms with Gasteiger partial charge in [0, 0.05) is 55.4 Å². The Morgan fingerprint density at radius 1 is 1.21 bits per heavy atom. The molecule has 2 amide bonds. The summed E-state index contributed by atoms with van der Waals surface area (Å²) >= 11 is 9.38. The average Bonchev–Trinajstić information content (AvgIpc) is 3.43. The average molecular weight is 611 g/mol. The largest absolute Gasteiger partial charge is 0.417 e. The fourth-order valence-corrected chi connectivity index (χ4v) is 5.01. The molecule has 0 unspecified atom stereocenters. The van der Waals surface area contributed by atoms with E-state index in [0.717, 1.165) is 16.2 Å². The van der Waals surface area contributed by atoms with Crippen LogP contribution in [0.15, 0.2) is 41.3 Å². The number of pyridine rings is 2. The van der Waals surface area contributed by atoms with E-state index < -0.39 is 17.6 Å². The number of carbonyl (C=O) groups is 2. The number of aryl methyl sites for hydroxylation is 1. The number of rotatable bonds is 5. The molecule has 4 aromatic heterocycles. The number of alkyl halides is 3. The molecule has 0 radical (unpaired) electrons. The van der Waals surface area contributed by atoms with Gasteiger partial charge in [0.15, 0.2) is 0 Å². The van der Waals surface area contributed by atoms with E-state index in [-0.39, 0.29) is 36.1 Å². The summed E-state index contributed by atoms with van der Waals surface area (Å²) in [6, 6.07) is 4.45. The molecule has 5 rings (SSSR count). The van der Waals surface area contributed by atoms with E-state index in [2.05, 4.69) is 36.3 Å². The topological polar surface area (TPSA) is 97.4 Å². The van der Waals surface area contributed by atoms with E-state index in [1.807, 2.05) is 6.07 Å². The second kappa shape index (κ2) is 10.0. The summed E-state index contributed by atoms with van der Waals surface area (Å²) < 4.78 is 42.5. The lowest BCUT2D eigenvalue weighted by molar-refractivity contribution is -0.137. The number of amides is 2. The Labute approximate surface area is 227 Å². The third-order valence-corrected chi connectivity index (χ3v) is 7.08. The molecule has 1 aliphatic heterocycles. The van der Waals surface area contributed by atoms with Gasteiger partial charge in [0.05, 0.1) is 34.7 Å². The van der Waals surface area contributed by atoms with E-state index in [9.17, 15) is 22.8 Å². The van der Waals surface area contributed by atoms with Gasteiger partial charge in [0.25, 0.3) is 11.8 Å². The summed E-state index contributed by atoms with van der Waals surface area (Å²) in [6.07, 6.45) is 0.0846. The summed E-state index contributed by atoms with van der Waals surface area (Å²) in [5.74, 6) is -0.642. The zero-order chi connectivity index (χ0) is 27.2. The molecule has 38 heavy (non-hydrogen) atoms. The van der Waals surface area contributed by atoms with Crippen molar-refractivity contribution in [2.24, 2.45) is 7.05 Å². The normalized spacial score (nSPS) is 13.6. The maximum absolute atomic E-state index is 13.4. The number of nitrogens with zero attached hydrogens (tertiary/aromatic N) is 6. The van der Waals surface area contributed by atoms with Crippen LogP contribution in [0.1, 0.15) is 43.5 Å². The Hall–Kier alpha value is -3.45. The molecular formula is C24H20BrClF3N7O2. The highest BCUT2D eigenvalue weighted by atomic mass is 79.9. The predicted octanol–water partition coefficient (Wildman–Crippen LogP) is 4.07. The Bertz CT molecular complexity index is 1570. The van der Waals surface area contributed by atoms with Gasteiger partial charge in [-0.2, -0.15) is 18.3 Å². The van der Waals surface area contributed by atoms with E-state index in [1.54, 1.807) is 28.6 Å². The van der Waals surface area contributed by atoms with Gasteiger partial charge in [0.1, 0.15) is 17.0 Å². The van der Waals surface area contributed by atoms with Gasteiger partial charge in [-0.15, -0.1) is 0 Å². The number of halogens is 5. The first kappa shape index (κ1) is 26.2. The minimum Gasteiger partial charge on any atom is -0.350 e. The molecule has 4 aromatic rings. The summed E-state index contributed by atoms with van der Waals surface area (Å²) in [5.41, 5.74) is 2.03. The second-order valence-electron chi connectivity index (χ2n) is 8.75. The Morgan fingerprint density at radius 3 is 2.74 bits per heavy atom. The van der Waals surface area contributed by atoms with E-state index in [4.69, 9.17) is 11.6 Å². The number of imidazole rings is 1. The molecule has 0 fully saturated rings. The lowest BCUT2D eigenvalue weighted by Crippen LogP contribution is -2.37. The van der Waals surface area contributed by atoms with Crippen molar-refractivity contribution in [1.82, 2.24) is 34.4 Å². The van der Waals surface area contributed by atoms with Crippen molar-refractivity contribution < 1.29 is 22.8 Å². The molecule has 1 N–H and O–H groups in total. The smallest absolute Gasteiger partial charge is 0.350 e. The van der Waals surface area contributed by atoms with Crippen LogP contribution in [0.4, 0.5) is 13.2 Å². The molecule has 1 aliphatic rings. The lowest BCUT2D eigenvalue weighted by atomic mass is 10.0. The molecule has 0 aliphatic carbocycles. The fraction of sp³-hybridized carbons (Fsp3) is 0.292. The van der Waals surface area contributed by atoms with Gasteiger partial charge in [-0.3, -0.25) is 23.7 Å². The molecule has 0 spiro atoms. The number of fused-ring (bicyclic) bond motifs is 2. The van der Waals surface area contributed by atoms with Gasteiger partial charge in [-0.1, -0.05) is 11.6 Å². The van der Waals surface area contributed by atoms with Crippen molar-refractivity contribution >= 4 is 45.0 Å². The Kier molecular flexibility index (Phi) is 6.90. The third-order valence-electron chi connectivity index (χ3n) is 6.28. The first-order valence-electron chi connectivity index (χ1n) is 11.5. The highest BCUT2D eigenvalue weighted by Gasteiger charge is 2.32. The standard InChI is InChI=1S/C24H20BrClF3N7O2/c1-34-21(22(37)30-6-4-18-16(26)8-13(9-31-18)24(27,28)29)15-12-35(7-5-17(15)33-34)23(38)19-10-32-20-3-2-14(25)11-36(19)20/h2-3,8-11H,4-7,12H2,1H3,(H,30,37). The van der Waals surface area contributed by atoms with Gasteiger partial charge >= 0.3 is 6.18 Å². The Balaban J connectivity index is 1.29. The summed E-state index contributed by atoms with van der Waals surface area (Å²) in [5, 5.41) is 7.09. The number of nitrogens with one attached hydrogen (secondary N) is 1. The second-order valence-corrected chi connectivity index (χ2v) is 10.1. The van der Waals surface area contributed by atoms with Crippen LogP contribution in [0.25, 0.3) is 5.65 Å². The number of aromatic nitrogens is 5. The van der Waals surface area contributed by atoms with Crippen LogP contribution in [-0.2, 0) is 32.6 Å². The van der Waals surface area contributed by atoms with Gasteiger partial charge in [0.2, 0.25) is 0 Å². The first-order valence-corrected chi connectivity index (χ1v) is 12.7. The van der Waals surface area contributed by atoms with Crippen LogP contribution in [-0.4, -0.2) is 54.0 Å². The zero-order valence-corrected chi connectivity index (χ0v) is 22.2. The zero-order valence-electron chi connectivity index (χ0n) is 19.9. The van der Waals surface area contributed by atoms with Crippen LogP contribution in [0, 0.1) is 0 Å².